The van der Waals surface area contributed by atoms with E-state index in [-0.39, 0.29) is 11.4 Å². The maximum absolute atomic E-state index is 11.0. The van der Waals surface area contributed by atoms with Crippen LogP contribution in [0.5, 0.6) is 5.75 Å². The van der Waals surface area contributed by atoms with Gasteiger partial charge in [-0.1, -0.05) is 23.2 Å². The Bertz CT molecular complexity index is 657. The van der Waals surface area contributed by atoms with Gasteiger partial charge in [0, 0.05) is 28.3 Å². The Hall–Kier alpha value is -1.98. The highest BCUT2D eigenvalue weighted by molar-refractivity contribution is 6.34. The molecule has 0 heterocycles. The zero-order valence-electron chi connectivity index (χ0n) is 11.1. The molecule has 1 N–H and O–H groups in total. The van der Waals surface area contributed by atoms with Gasteiger partial charge in [-0.25, -0.2) is 0 Å². The van der Waals surface area contributed by atoms with E-state index in [1.165, 1.54) is 13.2 Å². The number of anilines is 1. The summed E-state index contributed by atoms with van der Waals surface area (Å²) in [5, 5.41) is 15.1. The van der Waals surface area contributed by atoms with E-state index in [0.717, 1.165) is 5.56 Å². The number of ether oxygens (including phenoxy) is 1. The van der Waals surface area contributed by atoms with Crippen LogP contribution < -0.4 is 10.1 Å². The first-order chi connectivity index (χ1) is 9.99. The molecule has 0 saturated heterocycles. The van der Waals surface area contributed by atoms with Crippen molar-refractivity contribution in [2.45, 2.75) is 6.54 Å². The second-order valence-corrected chi connectivity index (χ2v) is 5.15. The van der Waals surface area contributed by atoms with Crippen molar-refractivity contribution in [2.24, 2.45) is 0 Å². The van der Waals surface area contributed by atoms with Crippen LogP contribution in [-0.2, 0) is 6.54 Å². The lowest BCUT2D eigenvalue weighted by Gasteiger charge is -2.09. The lowest BCUT2D eigenvalue weighted by atomic mass is 10.2. The monoisotopic (exact) mass is 326 g/mol. The predicted octanol–water partition coefficient (Wildman–Crippen LogP) is 4.52. The molecule has 0 unspecified atom stereocenters. The number of nitro benzene ring substituents is 1. The highest BCUT2D eigenvalue weighted by atomic mass is 35.5. The third kappa shape index (κ3) is 4.00. The van der Waals surface area contributed by atoms with Crippen LogP contribution >= 0.6 is 23.2 Å². The molecule has 21 heavy (non-hydrogen) atoms. The van der Waals surface area contributed by atoms with Crippen LogP contribution in [0.1, 0.15) is 5.56 Å². The maximum Gasteiger partial charge on any atom is 0.312 e. The van der Waals surface area contributed by atoms with Crippen molar-refractivity contribution in [1.82, 2.24) is 0 Å². The van der Waals surface area contributed by atoms with Crippen LogP contribution in [-0.4, -0.2) is 12.0 Å². The van der Waals surface area contributed by atoms with E-state index in [2.05, 4.69) is 5.32 Å². The molecule has 0 fully saturated rings. The average Bonchev–Trinajstić information content (AvgIpc) is 2.43. The third-order valence-corrected chi connectivity index (χ3v) is 3.23. The molecule has 0 aliphatic carbocycles. The van der Waals surface area contributed by atoms with Crippen molar-refractivity contribution in [3.63, 3.8) is 0 Å². The zero-order valence-corrected chi connectivity index (χ0v) is 12.6. The number of methoxy groups -OCH3 is 1. The summed E-state index contributed by atoms with van der Waals surface area (Å²) in [6.07, 6.45) is 0. The quantitative estimate of drug-likeness (QED) is 0.648. The first kappa shape index (κ1) is 15.4. The summed E-state index contributed by atoms with van der Waals surface area (Å²) < 4.78 is 4.95. The first-order valence-electron chi connectivity index (χ1n) is 6.01. The highest BCUT2D eigenvalue weighted by Gasteiger charge is 2.15. The van der Waals surface area contributed by atoms with Crippen LogP contribution in [0.15, 0.2) is 36.4 Å². The summed E-state index contributed by atoms with van der Waals surface area (Å²) in [4.78, 5) is 10.5. The van der Waals surface area contributed by atoms with Crippen LogP contribution in [0.3, 0.4) is 0 Å². The highest BCUT2D eigenvalue weighted by Crippen LogP contribution is 2.30. The molecule has 0 atom stereocenters. The predicted molar refractivity (Wildman–Crippen MR) is 83.4 cm³/mol. The molecular weight excluding hydrogens is 315 g/mol. The minimum atomic E-state index is -0.486. The van der Waals surface area contributed by atoms with Crippen molar-refractivity contribution >= 4 is 34.6 Å². The Morgan fingerprint density at radius 2 is 1.86 bits per heavy atom. The molecule has 0 aromatic heterocycles. The van der Waals surface area contributed by atoms with E-state index in [4.69, 9.17) is 27.9 Å². The van der Waals surface area contributed by atoms with Crippen molar-refractivity contribution < 1.29 is 9.66 Å². The molecule has 0 radical (unpaired) electrons. The minimum Gasteiger partial charge on any atom is -0.490 e. The molecule has 5 nitrogen and oxygen atoms in total. The number of nitro groups is 1. The van der Waals surface area contributed by atoms with Crippen molar-refractivity contribution in [1.29, 1.82) is 0 Å². The molecule has 0 aliphatic rings. The SMILES string of the molecule is COc1ccc(NCc2cc(Cl)cc(Cl)c2)cc1[N+](=O)[O-]. The minimum absolute atomic E-state index is 0.0911. The number of nitrogens with one attached hydrogen (secondary N) is 1. The molecule has 2 aromatic carbocycles. The van der Waals surface area contributed by atoms with Crippen molar-refractivity contribution in [2.75, 3.05) is 12.4 Å². The lowest BCUT2D eigenvalue weighted by molar-refractivity contribution is -0.385. The molecule has 7 heteroatoms. The van der Waals surface area contributed by atoms with E-state index >= 15 is 0 Å². The van der Waals surface area contributed by atoms with E-state index in [0.29, 0.717) is 22.3 Å². The van der Waals surface area contributed by atoms with Gasteiger partial charge in [-0.3, -0.25) is 10.1 Å². The Balaban J connectivity index is 2.16. The molecule has 0 spiro atoms. The average molecular weight is 327 g/mol. The Morgan fingerprint density at radius 3 is 2.43 bits per heavy atom. The summed E-state index contributed by atoms with van der Waals surface area (Å²) in [6, 6.07) is 9.87. The van der Waals surface area contributed by atoms with Crippen LogP contribution in [0.4, 0.5) is 11.4 Å². The number of benzene rings is 2. The fourth-order valence-electron chi connectivity index (χ4n) is 1.86. The molecule has 0 saturated carbocycles. The van der Waals surface area contributed by atoms with E-state index in [1.807, 2.05) is 0 Å². The van der Waals surface area contributed by atoms with Gasteiger partial charge in [0.15, 0.2) is 5.75 Å². The number of nitrogens with zero attached hydrogens (tertiary/aromatic N) is 1. The normalized spacial score (nSPS) is 10.2. The largest absolute Gasteiger partial charge is 0.490 e. The summed E-state index contributed by atoms with van der Waals surface area (Å²) >= 11 is 11.8. The molecule has 0 aliphatic heterocycles. The smallest absolute Gasteiger partial charge is 0.312 e. The number of hydrogen-bond donors (Lipinski definition) is 1. The Kier molecular flexibility index (Phi) is 4.88. The van der Waals surface area contributed by atoms with Crippen LogP contribution in [0, 0.1) is 10.1 Å². The second kappa shape index (κ2) is 6.65. The third-order valence-electron chi connectivity index (χ3n) is 2.79. The Morgan fingerprint density at radius 1 is 1.19 bits per heavy atom. The van der Waals surface area contributed by atoms with Crippen molar-refractivity contribution in [3.8, 4) is 5.75 Å². The van der Waals surface area contributed by atoms with Crippen LogP contribution in [0.2, 0.25) is 10.0 Å². The van der Waals surface area contributed by atoms with Gasteiger partial charge in [0.1, 0.15) is 0 Å². The van der Waals surface area contributed by atoms with Gasteiger partial charge in [0.25, 0.3) is 0 Å². The fourth-order valence-corrected chi connectivity index (χ4v) is 2.43. The number of halogens is 2. The lowest BCUT2D eigenvalue weighted by Crippen LogP contribution is -2.01. The maximum atomic E-state index is 11.0. The molecular formula is C14H12Cl2N2O3. The van der Waals surface area contributed by atoms with Gasteiger partial charge in [0.2, 0.25) is 0 Å². The molecule has 2 rings (SSSR count). The molecule has 0 bridgehead atoms. The Labute approximate surface area is 131 Å². The van der Waals surface area contributed by atoms with Gasteiger partial charge < -0.3 is 10.1 Å². The molecule has 2 aromatic rings. The topological polar surface area (TPSA) is 64.4 Å². The van der Waals surface area contributed by atoms with E-state index in [9.17, 15) is 10.1 Å². The van der Waals surface area contributed by atoms with Gasteiger partial charge in [-0.05, 0) is 35.9 Å². The number of hydrogen-bond acceptors (Lipinski definition) is 4. The summed E-state index contributed by atoms with van der Waals surface area (Å²) in [6.45, 7) is 0.448. The standard InChI is InChI=1S/C14H12Cl2N2O3/c1-21-14-3-2-12(7-13(14)18(19)20)17-8-9-4-10(15)6-11(16)5-9/h2-7,17H,8H2,1H3. The summed E-state index contributed by atoms with van der Waals surface area (Å²) in [5.74, 6) is 0.219. The number of rotatable bonds is 5. The molecule has 0 amide bonds. The van der Waals surface area contributed by atoms with Crippen LogP contribution in [0.25, 0.3) is 0 Å². The van der Waals surface area contributed by atoms with Gasteiger partial charge >= 0.3 is 5.69 Å². The van der Waals surface area contributed by atoms with Gasteiger partial charge in [0.05, 0.1) is 12.0 Å². The fraction of sp³-hybridized carbons (Fsp3) is 0.143. The van der Waals surface area contributed by atoms with Gasteiger partial charge in [-0.2, -0.15) is 0 Å². The van der Waals surface area contributed by atoms with Gasteiger partial charge in [-0.15, -0.1) is 0 Å². The zero-order chi connectivity index (χ0) is 15.4. The van der Waals surface area contributed by atoms with E-state index in [1.54, 1.807) is 30.3 Å². The van der Waals surface area contributed by atoms with Crippen molar-refractivity contribution in [3.05, 3.63) is 62.1 Å². The van der Waals surface area contributed by atoms with E-state index < -0.39 is 4.92 Å². The first-order valence-corrected chi connectivity index (χ1v) is 6.76. The summed E-state index contributed by atoms with van der Waals surface area (Å²) in [7, 11) is 1.39. The molecule has 110 valence electrons. The summed E-state index contributed by atoms with van der Waals surface area (Å²) in [5.41, 5.74) is 1.40. The second-order valence-electron chi connectivity index (χ2n) is 4.27.